The summed E-state index contributed by atoms with van der Waals surface area (Å²) in [7, 11) is 0. The molecule has 1 aliphatic carbocycles. The lowest BCUT2D eigenvalue weighted by Crippen LogP contribution is -2.24. The third-order valence-corrected chi connectivity index (χ3v) is 5.54. The summed E-state index contributed by atoms with van der Waals surface area (Å²) in [5.74, 6) is -1.53. The quantitative estimate of drug-likeness (QED) is 0.424. The number of benzene rings is 2. The molecule has 2 aromatic heterocycles. The molecule has 0 saturated heterocycles. The average molecular weight is 449 g/mol. The molecule has 0 saturated carbocycles. The number of carbonyl (C=O) groups is 3. The average Bonchev–Trinajstić information content (AvgIpc) is 3.11. The Morgan fingerprint density at radius 2 is 1.58 bits per heavy atom. The smallest absolute Gasteiger partial charge is 0.320 e. The van der Waals surface area contributed by atoms with Crippen LogP contribution in [0.3, 0.4) is 0 Å². The number of anilines is 1. The van der Waals surface area contributed by atoms with Gasteiger partial charge >= 0.3 is 6.18 Å². The van der Waals surface area contributed by atoms with Crippen LogP contribution in [0.1, 0.15) is 53.6 Å². The second-order valence-corrected chi connectivity index (χ2v) is 7.58. The molecule has 9 heteroatoms. The summed E-state index contributed by atoms with van der Waals surface area (Å²) >= 11 is 0. The van der Waals surface area contributed by atoms with Crippen LogP contribution in [0.5, 0.6) is 0 Å². The van der Waals surface area contributed by atoms with Crippen molar-refractivity contribution >= 4 is 28.8 Å². The predicted molar refractivity (Wildman–Crippen MR) is 113 cm³/mol. The van der Waals surface area contributed by atoms with E-state index in [2.05, 4.69) is 10.3 Å². The molecule has 0 fully saturated rings. The first-order valence-electron chi connectivity index (χ1n) is 9.85. The molecule has 33 heavy (non-hydrogen) atoms. The maximum absolute atomic E-state index is 13.2. The van der Waals surface area contributed by atoms with E-state index in [1.54, 1.807) is 18.2 Å². The molecule has 0 radical (unpaired) electrons. The van der Waals surface area contributed by atoms with Crippen molar-refractivity contribution in [3.05, 3.63) is 100.0 Å². The van der Waals surface area contributed by atoms with E-state index >= 15 is 0 Å². The molecule has 1 amide bonds. The first-order valence-corrected chi connectivity index (χ1v) is 9.85. The Morgan fingerprint density at radius 1 is 0.909 bits per heavy atom. The van der Waals surface area contributed by atoms with E-state index in [0.717, 1.165) is 16.7 Å². The van der Waals surface area contributed by atoms with Gasteiger partial charge in [0.2, 0.25) is 0 Å². The van der Waals surface area contributed by atoms with Crippen molar-refractivity contribution in [2.45, 2.75) is 13.1 Å². The zero-order valence-corrected chi connectivity index (χ0v) is 17.0. The Hall–Kier alpha value is -4.27. The molecule has 6 nitrogen and oxygen atoms in total. The van der Waals surface area contributed by atoms with Gasteiger partial charge in [-0.1, -0.05) is 36.4 Å². The van der Waals surface area contributed by atoms with Crippen molar-refractivity contribution in [1.29, 1.82) is 0 Å². The zero-order chi connectivity index (χ0) is 23.5. The normalized spacial score (nSPS) is 13.1. The van der Waals surface area contributed by atoms with Crippen LogP contribution in [0.25, 0.3) is 5.65 Å². The fraction of sp³-hybridized carbons (Fsp3) is 0.0833. The SMILES string of the molecule is Cc1nc2ccc(C(F)(F)F)cn2c1C(=O)Nc1cccc2c1C(=O)c1ccccc1C2=O. The lowest BCUT2D eigenvalue weighted by Gasteiger charge is -2.20. The number of carbonyl (C=O) groups excluding carboxylic acids is 3. The van der Waals surface area contributed by atoms with E-state index < -0.39 is 23.4 Å². The molecule has 0 aliphatic heterocycles. The number of nitrogens with zero attached hydrogens (tertiary/aromatic N) is 2. The fourth-order valence-electron chi connectivity index (χ4n) is 4.03. The van der Waals surface area contributed by atoms with Gasteiger partial charge in [-0.25, -0.2) is 4.98 Å². The van der Waals surface area contributed by atoms with Crippen LogP contribution >= 0.6 is 0 Å². The predicted octanol–water partition coefficient (Wildman–Crippen LogP) is 4.69. The summed E-state index contributed by atoms with van der Waals surface area (Å²) in [6, 6.07) is 12.9. The maximum atomic E-state index is 13.2. The number of fused-ring (bicyclic) bond motifs is 3. The van der Waals surface area contributed by atoms with E-state index in [1.165, 1.54) is 37.3 Å². The maximum Gasteiger partial charge on any atom is 0.417 e. The number of aromatic nitrogens is 2. The number of rotatable bonds is 2. The Kier molecular flexibility index (Phi) is 4.45. The summed E-state index contributed by atoms with van der Waals surface area (Å²) in [6.45, 7) is 1.50. The van der Waals surface area contributed by atoms with Gasteiger partial charge < -0.3 is 5.32 Å². The fourth-order valence-corrected chi connectivity index (χ4v) is 4.03. The van der Waals surface area contributed by atoms with Crippen LogP contribution in [0.4, 0.5) is 18.9 Å². The Labute approximate surface area is 184 Å². The summed E-state index contributed by atoms with van der Waals surface area (Å²) in [6.07, 6.45) is -3.80. The molecular weight excluding hydrogens is 435 g/mol. The first kappa shape index (κ1) is 20.6. The molecular formula is C24H14F3N3O3. The minimum absolute atomic E-state index is 0.0389. The van der Waals surface area contributed by atoms with Gasteiger partial charge in [0, 0.05) is 22.9 Å². The first-order chi connectivity index (χ1) is 15.7. The lowest BCUT2D eigenvalue weighted by atomic mass is 9.83. The molecule has 5 rings (SSSR count). The number of aryl methyl sites for hydroxylation is 1. The van der Waals surface area contributed by atoms with Gasteiger partial charge in [-0.05, 0) is 25.1 Å². The van der Waals surface area contributed by atoms with Gasteiger partial charge in [-0.2, -0.15) is 13.2 Å². The molecule has 0 unspecified atom stereocenters. The summed E-state index contributed by atoms with van der Waals surface area (Å²) < 4.78 is 40.6. The van der Waals surface area contributed by atoms with Crippen molar-refractivity contribution < 1.29 is 27.6 Å². The number of halogens is 3. The molecule has 2 aromatic carbocycles. The number of hydrogen-bond acceptors (Lipinski definition) is 4. The van der Waals surface area contributed by atoms with E-state index in [4.69, 9.17) is 0 Å². The number of pyridine rings is 1. The number of hydrogen-bond donors (Lipinski definition) is 1. The Bertz CT molecular complexity index is 1500. The van der Waals surface area contributed by atoms with Crippen LogP contribution in [-0.4, -0.2) is 26.9 Å². The second-order valence-electron chi connectivity index (χ2n) is 7.58. The van der Waals surface area contributed by atoms with E-state index in [0.29, 0.717) is 0 Å². The number of nitrogens with one attached hydrogen (secondary N) is 1. The van der Waals surface area contributed by atoms with Gasteiger partial charge in [-0.15, -0.1) is 0 Å². The lowest BCUT2D eigenvalue weighted by molar-refractivity contribution is -0.137. The van der Waals surface area contributed by atoms with E-state index in [1.807, 2.05) is 0 Å². The summed E-state index contributed by atoms with van der Waals surface area (Å²) in [5.41, 5.74) is 0.104. The van der Waals surface area contributed by atoms with E-state index in [9.17, 15) is 27.6 Å². The largest absolute Gasteiger partial charge is 0.417 e. The molecule has 164 valence electrons. The van der Waals surface area contributed by atoms with Crippen molar-refractivity contribution in [3.63, 3.8) is 0 Å². The van der Waals surface area contributed by atoms with Crippen molar-refractivity contribution in [1.82, 2.24) is 9.38 Å². The number of ketones is 2. The molecule has 1 N–H and O–H groups in total. The van der Waals surface area contributed by atoms with Crippen molar-refractivity contribution in [2.75, 3.05) is 5.32 Å². The Balaban J connectivity index is 1.59. The highest BCUT2D eigenvalue weighted by atomic mass is 19.4. The van der Waals surface area contributed by atoms with E-state index in [-0.39, 0.29) is 50.8 Å². The number of alkyl halides is 3. The summed E-state index contributed by atoms with van der Waals surface area (Å²) in [5, 5.41) is 2.59. The third-order valence-electron chi connectivity index (χ3n) is 5.54. The highest BCUT2D eigenvalue weighted by molar-refractivity contribution is 6.30. The molecule has 0 spiro atoms. The Morgan fingerprint density at radius 3 is 2.27 bits per heavy atom. The molecule has 0 atom stereocenters. The summed E-state index contributed by atoms with van der Waals surface area (Å²) in [4.78, 5) is 43.3. The van der Waals surface area contributed by atoms with Crippen molar-refractivity contribution in [2.24, 2.45) is 0 Å². The van der Waals surface area contributed by atoms with Gasteiger partial charge in [-0.3, -0.25) is 18.8 Å². The number of imidazole rings is 1. The standard InChI is InChI=1S/C24H14F3N3O3/c1-12-20(30-11-13(24(25,26)27)9-10-18(30)28-12)23(33)29-17-8-4-7-16-19(17)22(32)15-6-3-2-5-14(15)21(16)31/h2-11H,1H3,(H,29,33). The third kappa shape index (κ3) is 3.20. The minimum atomic E-state index is -4.60. The van der Waals surface area contributed by atoms with Crippen LogP contribution in [-0.2, 0) is 6.18 Å². The van der Waals surface area contributed by atoms with Crippen molar-refractivity contribution in [3.8, 4) is 0 Å². The molecule has 1 aliphatic rings. The van der Waals surface area contributed by atoms with Crippen LogP contribution in [0, 0.1) is 6.92 Å². The minimum Gasteiger partial charge on any atom is -0.320 e. The molecule has 4 aromatic rings. The highest BCUT2D eigenvalue weighted by Crippen LogP contribution is 2.33. The highest BCUT2D eigenvalue weighted by Gasteiger charge is 2.33. The molecule has 0 bridgehead atoms. The zero-order valence-electron chi connectivity index (χ0n) is 17.0. The topological polar surface area (TPSA) is 80.5 Å². The number of amides is 1. The molecule has 2 heterocycles. The second kappa shape index (κ2) is 7.13. The van der Waals surface area contributed by atoms with Gasteiger partial charge in [0.25, 0.3) is 5.91 Å². The monoisotopic (exact) mass is 449 g/mol. The van der Waals surface area contributed by atoms with Crippen LogP contribution < -0.4 is 5.32 Å². The van der Waals surface area contributed by atoms with Gasteiger partial charge in [0.1, 0.15) is 11.3 Å². The van der Waals surface area contributed by atoms with Crippen LogP contribution in [0.2, 0.25) is 0 Å². The van der Waals surface area contributed by atoms with Crippen LogP contribution in [0.15, 0.2) is 60.8 Å². The van der Waals surface area contributed by atoms with Gasteiger partial charge in [0.05, 0.1) is 22.5 Å². The van der Waals surface area contributed by atoms with Gasteiger partial charge in [0.15, 0.2) is 11.6 Å².